The molecule has 1 aliphatic rings. The number of nitrogens with one attached hydrogen (secondary N) is 1. The number of carbonyl (C=O) groups excluding carboxylic acids is 2. The number of benzene rings is 2. The number of rotatable bonds is 5. The van der Waals surface area contributed by atoms with Gasteiger partial charge in [0, 0.05) is 18.3 Å². The van der Waals surface area contributed by atoms with Crippen molar-refractivity contribution in [2.24, 2.45) is 0 Å². The summed E-state index contributed by atoms with van der Waals surface area (Å²) >= 11 is 0. The van der Waals surface area contributed by atoms with Crippen LogP contribution in [0.25, 0.3) is 0 Å². The molecule has 1 aliphatic heterocycles. The quantitative estimate of drug-likeness (QED) is 0.895. The molecule has 3 rings (SSSR count). The van der Waals surface area contributed by atoms with Gasteiger partial charge in [0.15, 0.2) is 0 Å². The monoisotopic (exact) mass is 354 g/mol. The molecule has 1 saturated heterocycles. The molecular formula is C20H22N2O4. The number of nitrogens with zero attached hydrogens (tertiary/aromatic N) is 1. The zero-order valence-electron chi connectivity index (χ0n) is 14.9. The molecule has 0 aromatic heterocycles. The molecule has 1 atom stereocenters. The van der Waals surface area contributed by atoms with E-state index in [1.165, 1.54) is 0 Å². The van der Waals surface area contributed by atoms with E-state index in [2.05, 4.69) is 5.32 Å². The van der Waals surface area contributed by atoms with Crippen molar-refractivity contribution >= 4 is 17.5 Å². The van der Waals surface area contributed by atoms with Crippen molar-refractivity contribution in [2.45, 2.75) is 19.5 Å². The highest BCUT2D eigenvalue weighted by Crippen LogP contribution is 2.19. The zero-order chi connectivity index (χ0) is 18.5. The van der Waals surface area contributed by atoms with Gasteiger partial charge in [0.25, 0.3) is 0 Å². The Hall–Kier alpha value is -2.86. The van der Waals surface area contributed by atoms with E-state index in [0.29, 0.717) is 18.0 Å². The largest absolute Gasteiger partial charge is 0.497 e. The summed E-state index contributed by atoms with van der Waals surface area (Å²) in [4.78, 5) is 26.6. The van der Waals surface area contributed by atoms with Gasteiger partial charge in [0.05, 0.1) is 13.7 Å². The minimum atomic E-state index is -0.677. The van der Waals surface area contributed by atoms with Gasteiger partial charge in [-0.15, -0.1) is 0 Å². The lowest BCUT2D eigenvalue weighted by Crippen LogP contribution is -2.54. The van der Waals surface area contributed by atoms with Crippen LogP contribution < -0.4 is 10.1 Å². The van der Waals surface area contributed by atoms with Crippen molar-refractivity contribution in [2.75, 3.05) is 25.6 Å². The summed E-state index contributed by atoms with van der Waals surface area (Å²) in [5.74, 6) is 0.177. The van der Waals surface area contributed by atoms with Gasteiger partial charge in [-0.25, -0.2) is 0 Å². The Morgan fingerprint density at radius 3 is 2.77 bits per heavy atom. The maximum absolute atomic E-state index is 12.7. The van der Waals surface area contributed by atoms with Gasteiger partial charge in [0.2, 0.25) is 11.8 Å². The predicted molar refractivity (Wildman–Crippen MR) is 98.0 cm³/mol. The molecule has 1 fully saturated rings. The molecule has 0 spiro atoms. The first-order valence-electron chi connectivity index (χ1n) is 8.44. The Bertz CT molecular complexity index is 789. The smallest absolute Gasteiger partial charge is 0.249 e. The van der Waals surface area contributed by atoms with E-state index in [1.807, 2.05) is 31.2 Å². The molecule has 0 unspecified atom stereocenters. The summed E-state index contributed by atoms with van der Waals surface area (Å²) in [6.45, 7) is 2.55. The predicted octanol–water partition coefficient (Wildman–Crippen LogP) is 2.37. The minimum absolute atomic E-state index is 0.00516. The first-order valence-corrected chi connectivity index (χ1v) is 8.44. The molecule has 136 valence electrons. The lowest BCUT2D eigenvalue weighted by Gasteiger charge is -2.34. The highest BCUT2D eigenvalue weighted by Gasteiger charge is 2.34. The third-order valence-corrected chi connectivity index (χ3v) is 4.31. The number of anilines is 1. The minimum Gasteiger partial charge on any atom is -0.497 e. The SMILES string of the molecule is COc1cccc(NC(=O)[C@@H]2COCC(=O)N2Cc2ccc(C)cc2)c1. The second-order valence-electron chi connectivity index (χ2n) is 6.26. The molecule has 1 heterocycles. The van der Waals surface area contributed by atoms with E-state index in [9.17, 15) is 9.59 Å². The third kappa shape index (κ3) is 4.21. The third-order valence-electron chi connectivity index (χ3n) is 4.31. The van der Waals surface area contributed by atoms with Crippen LogP contribution in [0.4, 0.5) is 5.69 Å². The number of morpholine rings is 1. The van der Waals surface area contributed by atoms with Crippen LogP contribution in [0.3, 0.4) is 0 Å². The summed E-state index contributed by atoms with van der Waals surface area (Å²) in [6, 6.07) is 14.3. The number of carbonyl (C=O) groups is 2. The van der Waals surface area contributed by atoms with E-state index in [0.717, 1.165) is 11.1 Å². The molecule has 6 nitrogen and oxygen atoms in total. The van der Waals surface area contributed by atoms with Crippen molar-refractivity contribution in [3.63, 3.8) is 0 Å². The van der Waals surface area contributed by atoms with Gasteiger partial charge in [-0.1, -0.05) is 35.9 Å². The molecule has 26 heavy (non-hydrogen) atoms. The van der Waals surface area contributed by atoms with E-state index in [-0.39, 0.29) is 25.0 Å². The average molecular weight is 354 g/mol. The van der Waals surface area contributed by atoms with Crippen LogP contribution in [0, 0.1) is 6.92 Å². The maximum atomic E-state index is 12.7. The van der Waals surface area contributed by atoms with E-state index in [1.54, 1.807) is 36.3 Å². The van der Waals surface area contributed by atoms with Crippen molar-refractivity contribution in [3.05, 3.63) is 59.7 Å². The van der Waals surface area contributed by atoms with Crippen LogP contribution in [0.1, 0.15) is 11.1 Å². The molecule has 2 aromatic carbocycles. The number of methoxy groups -OCH3 is 1. The highest BCUT2D eigenvalue weighted by atomic mass is 16.5. The summed E-state index contributed by atoms with van der Waals surface area (Å²) in [7, 11) is 1.57. The van der Waals surface area contributed by atoms with Crippen LogP contribution >= 0.6 is 0 Å². The molecule has 0 aliphatic carbocycles. The number of hydrogen-bond donors (Lipinski definition) is 1. The maximum Gasteiger partial charge on any atom is 0.249 e. The Morgan fingerprint density at radius 2 is 2.04 bits per heavy atom. The van der Waals surface area contributed by atoms with Crippen LogP contribution in [-0.2, 0) is 20.9 Å². The molecule has 0 radical (unpaired) electrons. The van der Waals surface area contributed by atoms with Gasteiger partial charge in [-0.05, 0) is 24.6 Å². The zero-order valence-corrected chi connectivity index (χ0v) is 14.9. The fraction of sp³-hybridized carbons (Fsp3) is 0.300. The Morgan fingerprint density at radius 1 is 1.27 bits per heavy atom. The fourth-order valence-corrected chi connectivity index (χ4v) is 2.84. The van der Waals surface area contributed by atoms with Gasteiger partial charge in [0.1, 0.15) is 18.4 Å². The molecule has 0 bridgehead atoms. The first-order chi connectivity index (χ1) is 12.6. The lowest BCUT2D eigenvalue weighted by atomic mass is 10.1. The van der Waals surface area contributed by atoms with Crippen molar-refractivity contribution in [1.29, 1.82) is 0 Å². The van der Waals surface area contributed by atoms with E-state index < -0.39 is 6.04 Å². The van der Waals surface area contributed by atoms with Crippen LogP contribution in [0.15, 0.2) is 48.5 Å². The number of aryl methyl sites for hydroxylation is 1. The Kier molecular flexibility index (Phi) is 5.53. The van der Waals surface area contributed by atoms with Crippen LogP contribution in [0.5, 0.6) is 5.75 Å². The Balaban J connectivity index is 1.75. The van der Waals surface area contributed by atoms with Crippen LogP contribution in [-0.4, -0.2) is 43.1 Å². The number of amides is 2. The molecule has 1 N–H and O–H groups in total. The van der Waals surface area contributed by atoms with E-state index >= 15 is 0 Å². The molecule has 0 saturated carbocycles. The van der Waals surface area contributed by atoms with Gasteiger partial charge in [-0.3, -0.25) is 9.59 Å². The molecule has 2 amide bonds. The topological polar surface area (TPSA) is 67.9 Å². The summed E-state index contributed by atoms with van der Waals surface area (Å²) in [6.07, 6.45) is 0. The molecule has 6 heteroatoms. The summed E-state index contributed by atoms with van der Waals surface area (Å²) < 4.78 is 10.5. The van der Waals surface area contributed by atoms with E-state index in [4.69, 9.17) is 9.47 Å². The normalized spacial score (nSPS) is 17.1. The fourth-order valence-electron chi connectivity index (χ4n) is 2.84. The number of hydrogen-bond acceptors (Lipinski definition) is 4. The highest BCUT2D eigenvalue weighted by molar-refractivity contribution is 5.98. The van der Waals surface area contributed by atoms with Crippen molar-refractivity contribution < 1.29 is 19.1 Å². The standard InChI is InChI=1S/C20H22N2O4/c1-14-6-8-15(9-7-14)11-22-18(12-26-13-19(22)23)20(24)21-16-4-3-5-17(10-16)25-2/h3-10,18H,11-13H2,1-2H3,(H,21,24)/t18-/m0/s1. The summed E-state index contributed by atoms with van der Waals surface area (Å²) in [5.41, 5.74) is 2.74. The van der Waals surface area contributed by atoms with Gasteiger partial charge < -0.3 is 19.7 Å². The second kappa shape index (κ2) is 8.01. The van der Waals surface area contributed by atoms with Crippen molar-refractivity contribution in [1.82, 2.24) is 4.90 Å². The molecular weight excluding hydrogens is 332 g/mol. The van der Waals surface area contributed by atoms with Crippen LogP contribution in [0.2, 0.25) is 0 Å². The van der Waals surface area contributed by atoms with Crippen molar-refractivity contribution in [3.8, 4) is 5.75 Å². The Labute approximate surface area is 152 Å². The van der Waals surface area contributed by atoms with Gasteiger partial charge in [-0.2, -0.15) is 0 Å². The molecule has 2 aromatic rings. The second-order valence-corrected chi connectivity index (χ2v) is 6.26. The first kappa shape index (κ1) is 17.9. The number of ether oxygens (including phenoxy) is 2. The summed E-state index contributed by atoms with van der Waals surface area (Å²) in [5, 5.41) is 2.84. The lowest BCUT2D eigenvalue weighted by molar-refractivity contribution is -0.154. The average Bonchev–Trinajstić information content (AvgIpc) is 2.65. The van der Waals surface area contributed by atoms with Gasteiger partial charge >= 0.3 is 0 Å².